The third-order valence-electron chi connectivity index (χ3n) is 3.29. The van der Waals surface area contributed by atoms with Crippen molar-refractivity contribution in [3.8, 4) is 0 Å². The minimum absolute atomic E-state index is 0. The fourth-order valence-electron chi connectivity index (χ4n) is 1.53. The Bertz CT molecular complexity index is 364. The summed E-state index contributed by atoms with van der Waals surface area (Å²) >= 11 is 0. The van der Waals surface area contributed by atoms with E-state index in [-0.39, 0.29) is 36.6 Å². The second kappa shape index (κ2) is 13.4. The zero-order valence-corrected chi connectivity index (χ0v) is 17.4. The summed E-state index contributed by atoms with van der Waals surface area (Å²) in [6, 6.07) is 0. The van der Waals surface area contributed by atoms with Gasteiger partial charge in [0.1, 0.15) is 0 Å². The summed E-state index contributed by atoms with van der Waals surface area (Å²) in [6.07, 6.45) is 3.91. The zero-order chi connectivity index (χ0) is 17.2. The zero-order valence-electron chi connectivity index (χ0n) is 15.8. The highest BCUT2D eigenvalue weighted by Crippen LogP contribution is 2.16. The summed E-state index contributed by atoms with van der Waals surface area (Å²) in [6.45, 7) is 12.2. The first kappa shape index (κ1) is 27.9. The SMILES string of the molecule is CCCCNC(=O)C(C)(C)N=NC(C)(C)C(=O)NCCCC.Cl.Cl. The molecule has 0 atom stereocenters. The van der Waals surface area contributed by atoms with Gasteiger partial charge < -0.3 is 10.6 Å². The number of amides is 2. The average Bonchev–Trinajstić information content (AvgIpc) is 2.45. The third kappa shape index (κ3) is 10.8. The molecule has 0 fully saturated rings. The van der Waals surface area contributed by atoms with Gasteiger partial charge >= 0.3 is 0 Å². The lowest BCUT2D eigenvalue weighted by atomic mass is 10.0. The van der Waals surface area contributed by atoms with Crippen LogP contribution in [-0.2, 0) is 9.59 Å². The number of carbonyl (C=O) groups excluding carboxylic acids is 2. The number of halogens is 2. The molecule has 0 aromatic rings. The van der Waals surface area contributed by atoms with Gasteiger partial charge in [-0.05, 0) is 40.5 Å². The van der Waals surface area contributed by atoms with E-state index in [1.807, 2.05) is 0 Å². The van der Waals surface area contributed by atoms with Gasteiger partial charge in [0, 0.05) is 13.1 Å². The minimum Gasteiger partial charge on any atom is -0.354 e. The molecule has 0 aromatic heterocycles. The average molecular weight is 385 g/mol. The summed E-state index contributed by atoms with van der Waals surface area (Å²) in [5.74, 6) is -0.348. The smallest absolute Gasteiger partial charge is 0.249 e. The molecule has 144 valence electrons. The molecule has 0 aromatic carbocycles. The van der Waals surface area contributed by atoms with Crippen LogP contribution in [0.4, 0.5) is 0 Å². The quantitative estimate of drug-likeness (QED) is 0.444. The van der Waals surface area contributed by atoms with E-state index in [4.69, 9.17) is 0 Å². The van der Waals surface area contributed by atoms with E-state index < -0.39 is 11.1 Å². The van der Waals surface area contributed by atoms with Gasteiger partial charge in [-0.25, -0.2) is 0 Å². The number of azo groups is 1. The Balaban J connectivity index is -0.00000220. The predicted molar refractivity (Wildman–Crippen MR) is 103 cm³/mol. The van der Waals surface area contributed by atoms with Crippen LogP contribution in [0.2, 0.25) is 0 Å². The number of nitrogens with zero attached hydrogens (tertiary/aromatic N) is 2. The minimum atomic E-state index is -0.977. The van der Waals surface area contributed by atoms with Crippen LogP contribution in [0, 0.1) is 0 Å². The van der Waals surface area contributed by atoms with Crippen molar-refractivity contribution < 1.29 is 9.59 Å². The van der Waals surface area contributed by atoms with Gasteiger partial charge in [-0.2, -0.15) is 10.2 Å². The van der Waals surface area contributed by atoms with Crippen molar-refractivity contribution in [1.29, 1.82) is 0 Å². The number of hydrogen-bond acceptors (Lipinski definition) is 4. The van der Waals surface area contributed by atoms with E-state index in [0.717, 1.165) is 25.7 Å². The summed E-state index contributed by atoms with van der Waals surface area (Å²) in [7, 11) is 0. The number of unbranched alkanes of at least 4 members (excludes halogenated alkanes) is 2. The van der Waals surface area contributed by atoms with Gasteiger partial charge in [0.15, 0.2) is 11.1 Å². The summed E-state index contributed by atoms with van der Waals surface area (Å²) < 4.78 is 0. The first-order chi connectivity index (χ1) is 10.2. The Kier molecular flexibility index (Phi) is 15.6. The Hall–Kier alpha value is -0.880. The molecule has 0 aliphatic heterocycles. The summed E-state index contributed by atoms with van der Waals surface area (Å²) in [5.41, 5.74) is -1.95. The van der Waals surface area contributed by atoms with Crippen LogP contribution in [0.3, 0.4) is 0 Å². The molecule has 2 amide bonds. The topological polar surface area (TPSA) is 82.9 Å². The van der Waals surface area contributed by atoms with E-state index in [1.54, 1.807) is 27.7 Å². The second-order valence-electron chi connectivity index (χ2n) is 6.54. The predicted octanol–water partition coefficient (Wildman–Crippen LogP) is 3.67. The molecule has 0 aliphatic carbocycles. The van der Waals surface area contributed by atoms with Crippen molar-refractivity contribution in [3.63, 3.8) is 0 Å². The molecule has 0 bridgehead atoms. The van der Waals surface area contributed by atoms with Crippen LogP contribution in [-0.4, -0.2) is 36.0 Å². The first-order valence-electron chi connectivity index (χ1n) is 8.18. The Labute approximate surface area is 158 Å². The maximum absolute atomic E-state index is 12.1. The van der Waals surface area contributed by atoms with E-state index >= 15 is 0 Å². The van der Waals surface area contributed by atoms with Crippen molar-refractivity contribution in [2.75, 3.05) is 13.1 Å². The molecule has 0 heterocycles. The number of hydrogen-bond donors (Lipinski definition) is 2. The highest BCUT2D eigenvalue weighted by molar-refractivity contribution is 5.86. The number of rotatable bonds is 10. The Morgan fingerprint density at radius 1 is 0.750 bits per heavy atom. The molecule has 6 nitrogen and oxygen atoms in total. The third-order valence-corrected chi connectivity index (χ3v) is 3.29. The molecule has 0 rings (SSSR count). The normalized spacial score (nSPS) is 11.4. The number of nitrogens with one attached hydrogen (secondary N) is 2. The second-order valence-corrected chi connectivity index (χ2v) is 6.54. The lowest BCUT2D eigenvalue weighted by molar-refractivity contribution is -0.127. The molecule has 2 N–H and O–H groups in total. The molecule has 0 radical (unpaired) electrons. The van der Waals surface area contributed by atoms with Crippen molar-refractivity contribution >= 4 is 36.6 Å². The van der Waals surface area contributed by atoms with Crippen LogP contribution in [0.1, 0.15) is 67.2 Å². The Morgan fingerprint density at radius 3 is 1.29 bits per heavy atom. The first-order valence-corrected chi connectivity index (χ1v) is 8.18. The largest absolute Gasteiger partial charge is 0.354 e. The highest BCUT2D eigenvalue weighted by atomic mass is 35.5. The van der Waals surface area contributed by atoms with Gasteiger partial charge in [-0.1, -0.05) is 26.7 Å². The van der Waals surface area contributed by atoms with Gasteiger partial charge in [0.05, 0.1) is 0 Å². The van der Waals surface area contributed by atoms with Crippen LogP contribution >= 0.6 is 24.8 Å². The van der Waals surface area contributed by atoms with E-state index in [9.17, 15) is 9.59 Å². The van der Waals surface area contributed by atoms with Crippen molar-refractivity contribution in [3.05, 3.63) is 0 Å². The molecule has 0 saturated carbocycles. The van der Waals surface area contributed by atoms with Gasteiger partial charge in [0.2, 0.25) is 11.8 Å². The van der Waals surface area contributed by atoms with Crippen LogP contribution in [0.15, 0.2) is 10.2 Å². The summed E-state index contributed by atoms with van der Waals surface area (Å²) in [4.78, 5) is 24.1. The van der Waals surface area contributed by atoms with Crippen molar-refractivity contribution in [2.45, 2.75) is 78.3 Å². The highest BCUT2D eigenvalue weighted by Gasteiger charge is 2.31. The van der Waals surface area contributed by atoms with Crippen LogP contribution in [0.5, 0.6) is 0 Å². The molecular formula is C16H34Cl2N4O2. The molecule has 0 unspecified atom stereocenters. The van der Waals surface area contributed by atoms with Gasteiger partial charge in [-0.3, -0.25) is 9.59 Å². The monoisotopic (exact) mass is 384 g/mol. The maximum Gasteiger partial charge on any atom is 0.249 e. The molecule has 24 heavy (non-hydrogen) atoms. The molecule has 8 heteroatoms. The lowest BCUT2D eigenvalue weighted by Crippen LogP contribution is -2.43. The van der Waals surface area contributed by atoms with Gasteiger partial charge in [0.25, 0.3) is 0 Å². The van der Waals surface area contributed by atoms with Crippen LogP contribution in [0.25, 0.3) is 0 Å². The molecule has 0 saturated heterocycles. The fourth-order valence-corrected chi connectivity index (χ4v) is 1.53. The standard InChI is InChI=1S/C16H32N4O2.2ClH/c1-7-9-11-17-13(21)15(3,4)19-20-16(5,6)14(22)18-12-10-8-2;;/h7-12H2,1-6H3,(H,17,21)(H,18,22);2*1H. The molecule has 0 aliphatic rings. The molecular weight excluding hydrogens is 351 g/mol. The van der Waals surface area contributed by atoms with E-state index in [1.165, 1.54) is 0 Å². The summed E-state index contributed by atoms with van der Waals surface area (Å²) in [5, 5.41) is 13.9. The fraction of sp³-hybridized carbons (Fsp3) is 0.875. The number of carbonyl (C=O) groups is 2. The maximum atomic E-state index is 12.1. The van der Waals surface area contributed by atoms with E-state index in [2.05, 4.69) is 34.7 Å². The Morgan fingerprint density at radius 2 is 1.04 bits per heavy atom. The van der Waals surface area contributed by atoms with Crippen molar-refractivity contribution in [1.82, 2.24) is 10.6 Å². The molecule has 0 spiro atoms. The van der Waals surface area contributed by atoms with Crippen LogP contribution < -0.4 is 10.6 Å². The van der Waals surface area contributed by atoms with E-state index in [0.29, 0.717) is 13.1 Å². The van der Waals surface area contributed by atoms with Gasteiger partial charge in [-0.15, -0.1) is 24.8 Å². The lowest BCUT2D eigenvalue weighted by Gasteiger charge is -2.22. The van der Waals surface area contributed by atoms with Crippen molar-refractivity contribution in [2.24, 2.45) is 10.2 Å².